The molecule has 0 fully saturated rings. The second kappa shape index (κ2) is 7.75. The van der Waals surface area contributed by atoms with Crippen LogP contribution in [0.15, 0.2) is 54.9 Å². The van der Waals surface area contributed by atoms with Crippen LogP contribution in [0.5, 0.6) is 5.75 Å². The van der Waals surface area contributed by atoms with Gasteiger partial charge in [-0.3, -0.25) is 10.1 Å². The number of aromatic nitrogens is 4. The number of tetrazole rings is 1. The van der Waals surface area contributed by atoms with Gasteiger partial charge < -0.3 is 15.2 Å². The molecule has 0 aliphatic heterocycles. The molecule has 26 heavy (non-hydrogen) atoms. The molecular formula is C16H14N6O4. The summed E-state index contributed by atoms with van der Waals surface area (Å²) in [6, 6.07) is 13.2. The third-order valence-corrected chi connectivity index (χ3v) is 3.24. The maximum absolute atomic E-state index is 11.9. The minimum absolute atomic E-state index is 0.167. The SMILES string of the molecule is O=C(O)Nc1ccc(NC(=O)COc2ccc(-n3cnnn3)cc2)cc1. The van der Waals surface area contributed by atoms with Gasteiger partial charge in [0.15, 0.2) is 6.61 Å². The molecule has 0 saturated heterocycles. The van der Waals surface area contributed by atoms with E-state index in [1.54, 1.807) is 48.5 Å². The van der Waals surface area contributed by atoms with E-state index >= 15 is 0 Å². The molecule has 10 nitrogen and oxygen atoms in total. The van der Waals surface area contributed by atoms with Crippen molar-refractivity contribution < 1.29 is 19.4 Å². The van der Waals surface area contributed by atoms with E-state index in [2.05, 4.69) is 26.2 Å². The number of carbonyl (C=O) groups excluding carboxylic acids is 1. The van der Waals surface area contributed by atoms with Crippen LogP contribution in [0.25, 0.3) is 5.69 Å². The van der Waals surface area contributed by atoms with Gasteiger partial charge in [0.2, 0.25) is 0 Å². The van der Waals surface area contributed by atoms with Crippen molar-refractivity contribution in [2.45, 2.75) is 0 Å². The van der Waals surface area contributed by atoms with Gasteiger partial charge in [-0.1, -0.05) is 0 Å². The van der Waals surface area contributed by atoms with Crippen molar-refractivity contribution in [2.75, 3.05) is 17.2 Å². The van der Waals surface area contributed by atoms with Crippen LogP contribution in [0.2, 0.25) is 0 Å². The van der Waals surface area contributed by atoms with Crippen LogP contribution in [-0.2, 0) is 4.79 Å². The summed E-state index contributed by atoms with van der Waals surface area (Å²) in [4.78, 5) is 22.5. The van der Waals surface area contributed by atoms with Crippen LogP contribution < -0.4 is 15.4 Å². The molecule has 1 heterocycles. The molecule has 0 atom stereocenters. The number of amides is 2. The Kier molecular flexibility index (Phi) is 5.03. The summed E-state index contributed by atoms with van der Waals surface area (Å²) in [5.74, 6) is 0.187. The van der Waals surface area contributed by atoms with Gasteiger partial charge in [-0.15, -0.1) is 5.10 Å². The molecule has 2 amide bonds. The summed E-state index contributed by atoms with van der Waals surface area (Å²) in [7, 11) is 0. The maximum Gasteiger partial charge on any atom is 0.409 e. The van der Waals surface area contributed by atoms with E-state index in [4.69, 9.17) is 9.84 Å². The first-order chi connectivity index (χ1) is 12.6. The Morgan fingerprint density at radius 3 is 2.23 bits per heavy atom. The average molecular weight is 354 g/mol. The van der Waals surface area contributed by atoms with Crippen molar-refractivity contribution in [3.8, 4) is 11.4 Å². The van der Waals surface area contributed by atoms with Gasteiger partial charge >= 0.3 is 6.09 Å². The van der Waals surface area contributed by atoms with E-state index in [9.17, 15) is 9.59 Å². The number of carbonyl (C=O) groups is 2. The van der Waals surface area contributed by atoms with Gasteiger partial charge in [0.25, 0.3) is 5.91 Å². The first-order valence-corrected chi connectivity index (χ1v) is 7.46. The molecule has 0 spiro atoms. The van der Waals surface area contributed by atoms with Gasteiger partial charge in [0.1, 0.15) is 12.1 Å². The van der Waals surface area contributed by atoms with E-state index in [0.29, 0.717) is 17.1 Å². The van der Waals surface area contributed by atoms with Crippen molar-refractivity contribution >= 4 is 23.4 Å². The predicted octanol–water partition coefficient (Wildman–Crippen LogP) is 1.77. The molecule has 132 valence electrons. The Labute approximate surface area is 147 Å². The smallest absolute Gasteiger partial charge is 0.409 e. The summed E-state index contributed by atoms with van der Waals surface area (Å²) >= 11 is 0. The highest BCUT2D eigenvalue weighted by Gasteiger charge is 2.05. The minimum atomic E-state index is -1.15. The zero-order valence-electron chi connectivity index (χ0n) is 13.4. The number of hydrogen-bond donors (Lipinski definition) is 3. The van der Waals surface area contributed by atoms with E-state index < -0.39 is 6.09 Å². The fourth-order valence-electron chi connectivity index (χ4n) is 2.08. The van der Waals surface area contributed by atoms with Crippen molar-refractivity contribution in [3.63, 3.8) is 0 Å². The number of nitrogens with one attached hydrogen (secondary N) is 2. The van der Waals surface area contributed by atoms with Crippen molar-refractivity contribution in [2.24, 2.45) is 0 Å². The van der Waals surface area contributed by atoms with Gasteiger partial charge in [-0.25, -0.2) is 9.48 Å². The second-order valence-electron chi connectivity index (χ2n) is 5.09. The van der Waals surface area contributed by atoms with Gasteiger partial charge in [0.05, 0.1) is 5.69 Å². The lowest BCUT2D eigenvalue weighted by atomic mass is 10.3. The lowest BCUT2D eigenvalue weighted by Gasteiger charge is -2.09. The predicted molar refractivity (Wildman–Crippen MR) is 91.4 cm³/mol. The highest BCUT2D eigenvalue weighted by atomic mass is 16.5. The number of carboxylic acid groups (broad SMARTS) is 1. The van der Waals surface area contributed by atoms with Gasteiger partial charge in [-0.2, -0.15) is 0 Å². The molecular weight excluding hydrogens is 340 g/mol. The largest absolute Gasteiger partial charge is 0.484 e. The van der Waals surface area contributed by atoms with Crippen LogP contribution in [-0.4, -0.2) is 43.9 Å². The zero-order valence-corrected chi connectivity index (χ0v) is 13.4. The third-order valence-electron chi connectivity index (χ3n) is 3.24. The Morgan fingerprint density at radius 1 is 1.00 bits per heavy atom. The van der Waals surface area contributed by atoms with E-state index in [1.165, 1.54) is 11.0 Å². The number of benzene rings is 2. The summed E-state index contributed by atoms with van der Waals surface area (Å²) < 4.78 is 6.93. The van der Waals surface area contributed by atoms with E-state index in [-0.39, 0.29) is 12.5 Å². The fraction of sp³-hybridized carbons (Fsp3) is 0.0625. The van der Waals surface area contributed by atoms with Crippen LogP contribution in [0.1, 0.15) is 0 Å². The van der Waals surface area contributed by atoms with Crippen LogP contribution >= 0.6 is 0 Å². The number of hydrogen-bond acceptors (Lipinski definition) is 6. The summed E-state index contributed by atoms with van der Waals surface area (Å²) in [5.41, 5.74) is 1.71. The Hall–Kier alpha value is -3.95. The molecule has 0 unspecified atom stereocenters. The summed E-state index contributed by atoms with van der Waals surface area (Å²) in [6.07, 6.45) is 0.321. The van der Waals surface area contributed by atoms with Crippen molar-refractivity contribution in [1.82, 2.24) is 20.2 Å². The molecule has 3 aromatic rings. The lowest BCUT2D eigenvalue weighted by molar-refractivity contribution is -0.118. The van der Waals surface area contributed by atoms with Crippen LogP contribution in [0, 0.1) is 0 Å². The zero-order chi connectivity index (χ0) is 18.4. The standard InChI is InChI=1S/C16H14N6O4/c23-15(18-11-1-3-12(4-2-11)19-16(24)25)9-26-14-7-5-13(6-8-14)22-10-17-20-21-22/h1-8,10,19H,9H2,(H,18,23)(H,24,25). The minimum Gasteiger partial charge on any atom is -0.484 e. The molecule has 0 bridgehead atoms. The van der Waals surface area contributed by atoms with Crippen molar-refractivity contribution in [1.29, 1.82) is 0 Å². The van der Waals surface area contributed by atoms with Crippen LogP contribution in [0.4, 0.5) is 16.2 Å². The Morgan fingerprint density at radius 2 is 1.65 bits per heavy atom. The highest BCUT2D eigenvalue weighted by Crippen LogP contribution is 2.15. The van der Waals surface area contributed by atoms with E-state index in [1.807, 2.05) is 0 Å². The molecule has 0 aliphatic carbocycles. The fourth-order valence-corrected chi connectivity index (χ4v) is 2.08. The Balaban J connectivity index is 1.50. The van der Waals surface area contributed by atoms with Gasteiger partial charge in [-0.05, 0) is 59.0 Å². The molecule has 3 N–H and O–H groups in total. The quantitative estimate of drug-likeness (QED) is 0.614. The first-order valence-electron chi connectivity index (χ1n) is 7.46. The first kappa shape index (κ1) is 16.9. The molecule has 3 rings (SSSR count). The molecule has 1 aromatic heterocycles. The molecule has 0 radical (unpaired) electrons. The third kappa shape index (κ3) is 4.54. The second-order valence-corrected chi connectivity index (χ2v) is 5.09. The normalized spacial score (nSPS) is 10.2. The Bertz CT molecular complexity index is 878. The number of rotatable bonds is 6. The number of anilines is 2. The number of nitrogens with zero attached hydrogens (tertiary/aromatic N) is 4. The van der Waals surface area contributed by atoms with E-state index in [0.717, 1.165) is 5.69 Å². The van der Waals surface area contributed by atoms with Crippen molar-refractivity contribution in [3.05, 3.63) is 54.9 Å². The molecule has 0 aliphatic rings. The molecule has 0 saturated carbocycles. The topological polar surface area (TPSA) is 131 Å². The summed E-state index contributed by atoms with van der Waals surface area (Å²) in [5, 5.41) is 24.4. The average Bonchev–Trinajstić information content (AvgIpc) is 3.16. The highest BCUT2D eigenvalue weighted by molar-refractivity contribution is 5.92. The summed E-state index contributed by atoms with van der Waals surface area (Å²) in [6.45, 7) is -0.167. The maximum atomic E-state index is 11.9. The number of ether oxygens (including phenoxy) is 1. The molecule has 10 heteroatoms. The lowest BCUT2D eigenvalue weighted by Crippen LogP contribution is -2.20. The van der Waals surface area contributed by atoms with Gasteiger partial charge in [0, 0.05) is 11.4 Å². The molecule has 2 aromatic carbocycles. The van der Waals surface area contributed by atoms with Crippen LogP contribution in [0.3, 0.4) is 0 Å². The monoisotopic (exact) mass is 354 g/mol.